The Balaban J connectivity index is 3.16. The van der Waals surface area contributed by atoms with Crippen LogP contribution < -0.4 is 5.32 Å². The second-order valence-electron chi connectivity index (χ2n) is 3.17. The van der Waals surface area contributed by atoms with E-state index in [1.165, 1.54) is 0 Å². The highest BCUT2D eigenvalue weighted by molar-refractivity contribution is 5.91. The summed E-state index contributed by atoms with van der Waals surface area (Å²) in [7, 11) is 0. The molecule has 0 atom stereocenters. The van der Waals surface area contributed by atoms with E-state index in [0.29, 0.717) is 12.1 Å². The lowest BCUT2D eigenvalue weighted by atomic mass is 10.2. The van der Waals surface area contributed by atoms with Gasteiger partial charge in [0.1, 0.15) is 0 Å². The van der Waals surface area contributed by atoms with Crippen molar-refractivity contribution in [3.05, 3.63) is 12.2 Å². The van der Waals surface area contributed by atoms with E-state index in [0.717, 1.165) is 25.7 Å². The number of carbonyl (C=O) groups excluding carboxylic acids is 1. The molecule has 3 nitrogen and oxygen atoms in total. The van der Waals surface area contributed by atoms with Crippen LogP contribution in [-0.2, 0) is 4.79 Å². The van der Waals surface area contributed by atoms with Crippen LogP contribution in [0.5, 0.6) is 0 Å². The lowest BCUT2D eigenvalue weighted by Gasteiger charge is -2.03. The molecule has 2 N–H and O–H groups in total. The van der Waals surface area contributed by atoms with Gasteiger partial charge in [-0.15, -0.1) is 0 Å². The fourth-order valence-electron chi connectivity index (χ4n) is 0.943. The van der Waals surface area contributed by atoms with Crippen molar-refractivity contribution in [2.75, 3.05) is 13.2 Å². The maximum Gasteiger partial charge on any atom is 0.246 e. The van der Waals surface area contributed by atoms with Crippen molar-refractivity contribution in [2.24, 2.45) is 0 Å². The molecule has 0 radical (unpaired) electrons. The monoisotopic (exact) mass is 185 g/mol. The second-order valence-corrected chi connectivity index (χ2v) is 3.17. The summed E-state index contributed by atoms with van der Waals surface area (Å²) in [5.41, 5.74) is 0.551. The molecule has 0 aromatic heterocycles. The largest absolute Gasteiger partial charge is 0.396 e. The minimum atomic E-state index is -0.0674. The molecule has 76 valence electrons. The Hall–Kier alpha value is -0.830. The molecule has 0 unspecified atom stereocenters. The number of rotatable bonds is 7. The lowest BCUT2D eigenvalue weighted by Crippen LogP contribution is -2.24. The third kappa shape index (κ3) is 7.53. The van der Waals surface area contributed by atoms with Gasteiger partial charge in [-0.1, -0.05) is 19.4 Å². The molecular formula is C10H19NO2. The quantitative estimate of drug-likeness (QED) is 0.463. The molecule has 0 saturated heterocycles. The first-order valence-electron chi connectivity index (χ1n) is 4.73. The van der Waals surface area contributed by atoms with Crippen molar-refractivity contribution in [2.45, 2.75) is 32.6 Å². The first-order valence-corrected chi connectivity index (χ1v) is 4.73. The van der Waals surface area contributed by atoms with Gasteiger partial charge in [0.25, 0.3) is 0 Å². The predicted molar refractivity (Wildman–Crippen MR) is 53.4 cm³/mol. The zero-order valence-electron chi connectivity index (χ0n) is 8.31. The predicted octanol–water partition coefficient (Wildman–Crippen LogP) is 1.23. The van der Waals surface area contributed by atoms with Crippen LogP contribution in [0.15, 0.2) is 12.2 Å². The number of nitrogens with one attached hydrogen (secondary N) is 1. The van der Waals surface area contributed by atoms with Crippen molar-refractivity contribution in [3.8, 4) is 0 Å². The minimum absolute atomic E-state index is 0.0674. The smallest absolute Gasteiger partial charge is 0.246 e. The van der Waals surface area contributed by atoms with Crippen LogP contribution in [0.25, 0.3) is 0 Å². The topological polar surface area (TPSA) is 49.3 Å². The SMILES string of the molecule is C=C(C)C(=O)NCCCCCCO. The summed E-state index contributed by atoms with van der Waals surface area (Å²) < 4.78 is 0. The molecule has 0 aromatic rings. The average Bonchev–Trinajstić information content (AvgIpc) is 2.10. The molecule has 13 heavy (non-hydrogen) atoms. The van der Waals surface area contributed by atoms with Crippen LogP contribution in [0.2, 0.25) is 0 Å². The van der Waals surface area contributed by atoms with Crippen molar-refractivity contribution < 1.29 is 9.90 Å². The summed E-state index contributed by atoms with van der Waals surface area (Å²) in [4.78, 5) is 11.0. The van der Waals surface area contributed by atoms with E-state index in [1.807, 2.05) is 0 Å². The molecule has 0 aromatic carbocycles. The van der Waals surface area contributed by atoms with Crippen molar-refractivity contribution in [1.29, 1.82) is 0 Å². The highest BCUT2D eigenvalue weighted by Crippen LogP contribution is 1.97. The van der Waals surface area contributed by atoms with Gasteiger partial charge in [0.05, 0.1) is 0 Å². The summed E-state index contributed by atoms with van der Waals surface area (Å²) >= 11 is 0. The Labute approximate surface area is 79.8 Å². The third-order valence-electron chi connectivity index (χ3n) is 1.76. The minimum Gasteiger partial charge on any atom is -0.396 e. The standard InChI is InChI=1S/C10H19NO2/c1-9(2)10(13)11-7-5-3-4-6-8-12/h12H,1,3-8H2,2H3,(H,11,13). The Morgan fingerprint density at radius 2 is 1.92 bits per heavy atom. The number of amides is 1. The Morgan fingerprint density at radius 3 is 2.46 bits per heavy atom. The van der Waals surface area contributed by atoms with Crippen LogP contribution in [-0.4, -0.2) is 24.2 Å². The lowest BCUT2D eigenvalue weighted by molar-refractivity contribution is -0.117. The Kier molecular flexibility index (Phi) is 7.30. The van der Waals surface area contributed by atoms with E-state index >= 15 is 0 Å². The summed E-state index contributed by atoms with van der Waals surface area (Å²) in [6.07, 6.45) is 3.91. The van der Waals surface area contributed by atoms with Crippen LogP contribution in [0.1, 0.15) is 32.6 Å². The van der Waals surface area contributed by atoms with Gasteiger partial charge in [-0.2, -0.15) is 0 Å². The molecule has 0 aliphatic carbocycles. The normalized spacial score (nSPS) is 9.69. The molecular weight excluding hydrogens is 166 g/mol. The van der Waals surface area contributed by atoms with Gasteiger partial charge in [-0.05, 0) is 19.8 Å². The number of aliphatic hydroxyl groups excluding tert-OH is 1. The Bertz CT molecular complexity index is 166. The molecule has 1 amide bonds. The average molecular weight is 185 g/mol. The zero-order chi connectivity index (χ0) is 10.1. The van der Waals surface area contributed by atoms with E-state index in [2.05, 4.69) is 11.9 Å². The molecule has 0 heterocycles. The highest BCUT2D eigenvalue weighted by atomic mass is 16.2. The van der Waals surface area contributed by atoms with Gasteiger partial charge in [-0.3, -0.25) is 4.79 Å². The van der Waals surface area contributed by atoms with E-state index in [-0.39, 0.29) is 12.5 Å². The van der Waals surface area contributed by atoms with E-state index in [4.69, 9.17) is 5.11 Å². The molecule has 0 saturated carbocycles. The van der Waals surface area contributed by atoms with Crippen molar-refractivity contribution >= 4 is 5.91 Å². The molecule has 0 aliphatic rings. The number of hydrogen-bond donors (Lipinski definition) is 2. The molecule has 0 fully saturated rings. The van der Waals surface area contributed by atoms with Crippen LogP contribution >= 0.6 is 0 Å². The summed E-state index contributed by atoms with van der Waals surface area (Å²) in [5.74, 6) is -0.0674. The van der Waals surface area contributed by atoms with Gasteiger partial charge in [-0.25, -0.2) is 0 Å². The number of aliphatic hydroxyl groups is 1. The van der Waals surface area contributed by atoms with Gasteiger partial charge in [0.2, 0.25) is 5.91 Å². The van der Waals surface area contributed by atoms with Crippen LogP contribution in [0.3, 0.4) is 0 Å². The number of unbranched alkanes of at least 4 members (excludes halogenated alkanes) is 3. The van der Waals surface area contributed by atoms with E-state index in [9.17, 15) is 4.79 Å². The molecule has 0 rings (SSSR count). The first-order chi connectivity index (χ1) is 6.18. The van der Waals surface area contributed by atoms with Gasteiger partial charge in [0.15, 0.2) is 0 Å². The van der Waals surface area contributed by atoms with Crippen molar-refractivity contribution in [3.63, 3.8) is 0 Å². The fraction of sp³-hybridized carbons (Fsp3) is 0.700. The van der Waals surface area contributed by atoms with Gasteiger partial charge >= 0.3 is 0 Å². The maximum atomic E-state index is 11.0. The number of hydrogen-bond acceptors (Lipinski definition) is 2. The summed E-state index contributed by atoms with van der Waals surface area (Å²) in [5, 5.41) is 11.3. The van der Waals surface area contributed by atoms with Gasteiger partial charge in [0, 0.05) is 18.7 Å². The molecule has 0 spiro atoms. The fourth-order valence-corrected chi connectivity index (χ4v) is 0.943. The third-order valence-corrected chi connectivity index (χ3v) is 1.76. The van der Waals surface area contributed by atoms with Crippen LogP contribution in [0.4, 0.5) is 0 Å². The zero-order valence-corrected chi connectivity index (χ0v) is 8.31. The highest BCUT2D eigenvalue weighted by Gasteiger charge is 1.98. The van der Waals surface area contributed by atoms with Crippen LogP contribution in [0, 0.1) is 0 Å². The second kappa shape index (κ2) is 7.80. The van der Waals surface area contributed by atoms with E-state index in [1.54, 1.807) is 6.92 Å². The molecule has 0 aliphatic heterocycles. The first kappa shape index (κ1) is 12.2. The number of carbonyl (C=O) groups is 1. The summed E-state index contributed by atoms with van der Waals surface area (Å²) in [6, 6.07) is 0. The van der Waals surface area contributed by atoms with Gasteiger partial charge < -0.3 is 10.4 Å². The molecule has 3 heteroatoms. The Morgan fingerprint density at radius 1 is 1.31 bits per heavy atom. The molecule has 0 bridgehead atoms. The van der Waals surface area contributed by atoms with E-state index < -0.39 is 0 Å². The van der Waals surface area contributed by atoms with Crippen molar-refractivity contribution in [1.82, 2.24) is 5.32 Å². The maximum absolute atomic E-state index is 11.0. The summed E-state index contributed by atoms with van der Waals surface area (Å²) in [6.45, 7) is 6.20.